The average molecular weight is 353 g/mol. The predicted molar refractivity (Wildman–Crippen MR) is 102 cm³/mol. The maximum atomic E-state index is 12.1. The van der Waals surface area contributed by atoms with Crippen molar-refractivity contribution in [3.63, 3.8) is 0 Å². The molecule has 0 saturated carbocycles. The molecule has 6 heteroatoms. The highest BCUT2D eigenvalue weighted by Crippen LogP contribution is 2.22. The number of hydrogen-bond donors (Lipinski definition) is 3. The number of anilines is 3. The van der Waals surface area contributed by atoms with Crippen LogP contribution in [0.2, 0.25) is 0 Å². The van der Waals surface area contributed by atoms with Crippen molar-refractivity contribution >= 4 is 33.8 Å². The maximum Gasteiger partial charge on any atom is 0.230 e. The lowest BCUT2D eigenvalue weighted by atomic mass is 10.1. The molecule has 0 aliphatic heterocycles. The van der Waals surface area contributed by atoms with Crippen molar-refractivity contribution in [2.45, 2.75) is 19.8 Å². The van der Waals surface area contributed by atoms with Crippen LogP contribution in [0.15, 0.2) is 53.9 Å². The molecule has 0 bridgehead atoms. The molecule has 3 aromatic rings. The third kappa shape index (κ3) is 4.81. The van der Waals surface area contributed by atoms with Crippen LogP contribution in [-0.4, -0.2) is 16.0 Å². The molecule has 0 saturated heterocycles. The zero-order chi connectivity index (χ0) is 17.6. The van der Waals surface area contributed by atoms with Gasteiger partial charge in [0.1, 0.15) is 5.75 Å². The van der Waals surface area contributed by atoms with Gasteiger partial charge in [0.25, 0.3) is 0 Å². The summed E-state index contributed by atoms with van der Waals surface area (Å²) in [4.78, 5) is 16.5. The number of amides is 1. The van der Waals surface area contributed by atoms with Gasteiger partial charge < -0.3 is 15.7 Å². The van der Waals surface area contributed by atoms with Crippen molar-refractivity contribution < 1.29 is 9.90 Å². The van der Waals surface area contributed by atoms with E-state index >= 15 is 0 Å². The van der Waals surface area contributed by atoms with Crippen molar-refractivity contribution in [1.82, 2.24) is 4.98 Å². The Morgan fingerprint density at radius 1 is 1.08 bits per heavy atom. The van der Waals surface area contributed by atoms with E-state index in [4.69, 9.17) is 0 Å². The molecule has 3 rings (SSSR count). The van der Waals surface area contributed by atoms with E-state index in [2.05, 4.69) is 34.7 Å². The lowest BCUT2D eigenvalue weighted by Gasteiger charge is -2.04. The molecule has 0 unspecified atom stereocenters. The van der Waals surface area contributed by atoms with Crippen LogP contribution in [0.4, 0.5) is 16.5 Å². The molecule has 25 heavy (non-hydrogen) atoms. The summed E-state index contributed by atoms with van der Waals surface area (Å²) >= 11 is 1.47. The second-order valence-corrected chi connectivity index (χ2v) is 6.45. The summed E-state index contributed by atoms with van der Waals surface area (Å²) < 4.78 is 0. The third-order valence-corrected chi connectivity index (χ3v) is 4.46. The molecule has 0 spiro atoms. The van der Waals surface area contributed by atoms with Gasteiger partial charge in [0.05, 0.1) is 12.1 Å². The van der Waals surface area contributed by atoms with Gasteiger partial charge in [-0.1, -0.05) is 19.1 Å². The molecule has 5 nitrogen and oxygen atoms in total. The van der Waals surface area contributed by atoms with Gasteiger partial charge in [0, 0.05) is 16.8 Å². The van der Waals surface area contributed by atoms with E-state index in [1.807, 2.05) is 17.5 Å². The molecular weight excluding hydrogens is 334 g/mol. The summed E-state index contributed by atoms with van der Waals surface area (Å²) in [6.45, 7) is 2.12. The van der Waals surface area contributed by atoms with E-state index < -0.39 is 0 Å². The van der Waals surface area contributed by atoms with Gasteiger partial charge in [-0.15, -0.1) is 11.3 Å². The number of carbonyl (C=O) groups is 1. The highest BCUT2D eigenvalue weighted by Gasteiger charge is 2.08. The number of rotatable bonds is 6. The Morgan fingerprint density at radius 2 is 1.76 bits per heavy atom. The van der Waals surface area contributed by atoms with E-state index in [0.717, 1.165) is 17.2 Å². The Hall–Kier alpha value is -2.86. The molecule has 0 aliphatic rings. The fourth-order valence-corrected chi connectivity index (χ4v) is 3.04. The van der Waals surface area contributed by atoms with Crippen molar-refractivity contribution in [3.8, 4) is 5.75 Å². The normalized spacial score (nSPS) is 10.4. The van der Waals surface area contributed by atoms with Gasteiger partial charge in [0.15, 0.2) is 5.13 Å². The fraction of sp³-hybridized carbons (Fsp3) is 0.158. The average Bonchev–Trinajstić information content (AvgIpc) is 3.04. The van der Waals surface area contributed by atoms with E-state index in [0.29, 0.717) is 11.4 Å². The number of nitrogens with zero attached hydrogens (tertiary/aromatic N) is 1. The Balaban J connectivity index is 1.57. The minimum absolute atomic E-state index is 0.144. The second kappa shape index (κ2) is 7.81. The summed E-state index contributed by atoms with van der Waals surface area (Å²) in [5.41, 5.74) is 3.63. The van der Waals surface area contributed by atoms with Crippen LogP contribution in [0.5, 0.6) is 5.75 Å². The van der Waals surface area contributed by atoms with Crippen LogP contribution < -0.4 is 10.6 Å². The first-order valence-corrected chi connectivity index (χ1v) is 8.89. The van der Waals surface area contributed by atoms with Gasteiger partial charge in [-0.25, -0.2) is 4.98 Å². The molecule has 0 atom stereocenters. The van der Waals surface area contributed by atoms with E-state index in [1.54, 1.807) is 12.1 Å². The number of aryl methyl sites for hydroxylation is 1. The molecule has 2 aromatic carbocycles. The van der Waals surface area contributed by atoms with Gasteiger partial charge in [0.2, 0.25) is 5.91 Å². The van der Waals surface area contributed by atoms with Crippen LogP contribution in [0, 0.1) is 0 Å². The van der Waals surface area contributed by atoms with Gasteiger partial charge in [-0.3, -0.25) is 4.79 Å². The largest absolute Gasteiger partial charge is 0.508 e. The Morgan fingerprint density at radius 3 is 2.44 bits per heavy atom. The lowest BCUT2D eigenvalue weighted by Crippen LogP contribution is -2.14. The smallest absolute Gasteiger partial charge is 0.230 e. The van der Waals surface area contributed by atoms with Crippen LogP contribution >= 0.6 is 11.3 Å². The van der Waals surface area contributed by atoms with Gasteiger partial charge in [-0.05, 0) is 48.4 Å². The lowest BCUT2D eigenvalue weighted by molar-refractivity contribution is -0.115. The van der Waals surface area contributed by atoms with Gasteiger partial charge >= 0.3 is 0 Å². The number of thiazole rings is 1. The summed E-state index contributed by atoms with van der Waals surface area (Å²) in [5.74, 6) is 0.0232. The minimum Gasteiger partial charge on any atom is -0.508 e. The molecule has 1 amide bonds. The van der Waals surface area contributed by atoms with Gasteiger partial charge in [-0.2, -0.15) is 0 Å². The molecule has 0 radical (unpaired) electrons. The molecule has 1 aromatic heterocycles. The summed E-state index contributed by atoms with van der Waals surface area (Å²) in [5, 5.41) is 17.9. The highest BCUT2D eigenvalue weighted by molar-refractivity contribution is 7.13. The van der Waals surface area contributed by atoms with E-state index in [9.17, 15) is 9.90 Å². The van der Waals surface area contributed by atoms with Crippen LogP contribution in [0.1, 0.15) is 18.2 Å². The first kappa shape index (κ1) is 17.0. The first-order valence-electron chi connectivity index (χ1n) is 8.01. The van der Waals surface area contributed by atoms with Crippen molar-refractivity contribution in [2.75, 3.05) is 10.6 Å². The number of benzene rings is 2. The monoisotopic (exact) mass is 353 g/mol. The molecular formula is C19H19N3O2S. The Labute approximate surface area is 150 Å². The SMILES string of the molecule is CCc1ccc(Nc2nc(CC(=O)Nc3ccc(O)cc3)cs2)cc1. The molecule has 128 valence electrons. The fourth-order valence-electron chi connectivity index (χ4n) is 2.31. The van der Waals surface area contributed by atoms with Crippen LogP contribution in [0.25, 0.3) is 0 Å². The van der Waals surface area contributed by atoms with E-state index in [-0.39, 0.29) is 18.1 Å². The van der Waals surface area contributed by atoms with Crippen molar-refractivity contribution in [3.05, 3.63) is 65.2 Å². The number of hydrogen-bond acceptors (Lipinski definition) is 5. The second-order valence-electron chi connectivity index (χ2n) is 5.59. The Bertz CT molecular complexity index is 842. The number of aromatic nitrogens is 1. The number of phenols is 1. The van der Waals surface area contributed by atoms with Crippen LogP contribution in [-0.2, 0) is 17.6 Å². The minimum atomic E-state index is -0.144. The molecule has 3 N–H and O–H groups in total. The predicted octanol–water partition coefficient (Wildman–Crippen LogP) is 4.34. The maximum absolute atomic E-state index is 12.1. The summed E-state index contributed by atoms with van der Waals surface area (Å²) in [6, 6.07) is 14.6. The number of carbonyl (C=O) groups excluding carboxylic acids is 1. The highest BCUT2D eigenvalue weighted by atomic mass is 32.1. The summed E-state index contributed by atoms with van der Waals surface area (Å²) in [7, 11) is 0. The topological polar surface area (TPSA) is 74.2 Å². The number of nitrogens with one attached hydrogen (secondary N) is 2. The first-order chi connectivity index (χ1) is 12.1. The standard InChI is InChI=1S/C19H19N3O2S/c1-2-13-3-5-15(6-4-13)21-19-22-16(12-25-19)11-18(24)20-14-7-9-17(23)10-8-14/h3-10,12,23H,2,11H2,1H3,(H,20,24)(H,21,22). The van der Waals surface area contributed by atoms with Crippen molar-refractivity contribution in [1.29, 1.82) is 0 Å². The van der Waals surface area contributed by atoms with Crippen LogP contribution in [0.3, 0.4) is 0 Å². The quantitative estimate of drug-likeness (QED) is 0.577. The zero-order valence-corrected chi connectivity index (χ0v) is 14.6. The molecule has 0 fully saturated rings. The third-order valence-electron chi connectivity index (χ3n) is 3.66. The van der Waals surface area contributed by atoms with Crippen molar-refractivity contribution in [2.24, 2.45) is 0 Å². The zero-order valence-electron chi connectivity index (χ0n) is 13.8. The Kier molecular flexibility index (Phi) is 5.30. The molecule has 0 aliphatic carbocycles. The summed E-state index contributed by atoms with van der Waals surface area (Å²) in [6.07, 6.45) is 1.21. The molecule has 1 heterocycles. The number of phenolic OH excluding ortho intramolecular Hbond substituents is 1. The van der Waals surface area contributed by atoms with E-state index in [1.165, 1.54) is 29.0 Å². The number of aromatic hydroxyl groups is 1.